The first-order valence-electron chi connectivity index (χ1n) is 27.6. The molecule has 0 fully saturated rings. The maximum absolute atomic E-state index is 14.4. The minimum absolute atomic E-state index is 0.00505. The summed E-state index contributed by atoms with van der Waals surface area (Å²) in [7, 11) is -2.79. The van der Waals surface area contributed by atoms with Crippen LogP contribution in [0.25, 0.3) is 10.7 Å². The van der Waals surface area contributed by atoms with E-state index in [0.717, 1.165) is 51.9 Å². The number of hydrogen-bond acceptors (Lipinski definition) is 22. The number of rotatable bonds is 41. The van der Waals surface area contributed by atoms with Gasteiger partial charge in [-0.25, -0.2) is 19.9 Å². The maximum Gasteiger partial charge on any atom is 0.271 e. The number of nitrogens with two attached hydrogens (primary N) is 5. The largest absolute Gasteiger partial charge is 0.390 e. The molecule has 4 aromatic rings. The SMILES string of the molecule is Cc1c(N)nc([C@H](CC(N)=O)NC[C@H](N)C(N)=O)nc1C(=O)N[C@@H](CCS(C)=O)C(=O)N[C@H](Cc1ccccc1)[C@@H](O)[C@H](C)C(=O)N[C@@H](CCS(C)=O)C(=O)NCCc1nc(-c2nc(C(=O)NCCCNCCCCNCCCN)cs2)cs1. The molecule has 19 N–H and O–H groups in total. The number of aromatic nitrogens is 4. The van der Waals surface area contributed by atoms with Gasteiger partial charge < -0.3 is 76.3 Å². The lowest BCUT2D eigenvalue weighted by Crippen LogP contribution is -2.57. The van der Waals surface area contributed by atoms with Crippen molar-refractivity contribution < 1.29 is 47.1 Å². The van der Waals surface area contributed by atoms with Gasteiger partial charge in [0.15, 0.2) is 0 Å². The number of aliphatic hydroxyl groups excluding tert-OH is 1. The number of benzene rings is 1. The normalized spacial score (nSPS) is 14.6. The van der Waals surface area contributed by atoms with E-state index in [1.54, 1.807) is 35.7 Å². The molecule has 464 valence electrons. The van der Waals surface area contributed by atoms with E-state index < -0.39 is 106 Å². The van der Waals surface area contributed by atoms with Gasteiger partial charge in [0.1, 0.15) is 45.8 Å². The first-order valence-corrected chi connectivity index (χ1v) is 32.8. The van der Waals surface area contributed by atoms with E-state index in [-0.39, 0.29) is 78.4 Å². The van der Waals surface area contributed by atoms with Crippen LogP contribution in [0.4, 0.5) is 5.82 Å². The fourth-order valence-electron chi connectivity index (χ4n) is 8.22. The molecule has 9 atom stereocenters. The second-order valence-corrected chi connectivity index (χ2v) is 25.0. The van der Waals surface area contributed by atoms with E-state index in [1.807, 2.05) is 5.38 Å². The van der Waals surface area contributed by atoms with Gasteiger partial charge in [-0.3, -0.25) is 42.0 Å². The van der Waals surface area contributed by atoms with Crippen LogP contribution in [0.3, 0.4) is 0 Å². The molecular weight excluding hydrogens is 1160 g/mol. The molecule has 4 rings (SSSR count). The van der Waals surface area contributed by atoms with Crippen molar-refractivity contribution in [1.29, 1.82) is 0 Å². The quantitative estimate of drug-likeness (QED) is 0.0212. The molecule has 2 unspecified atom stereocenters. The summed E-state index contributed by atoms with van der Waals surface area (Å²) >= 11 is 2.64. The Morgan fingerprint density at radius 2 is 1.37 bits per heavy atom. The summed E-state index contributed by atoms with van der Waals surface area (Å²) in [6.07, 6.45) is 4.90. The fourth-order valence-corrected chi connectivity index (χ4v) is 11.0. The zero-order valence-electron chi connectivity index (χ0n) is 47.9. The van der Waals surface area contributed by atoms with Crippen LogP contribution in [-0.4, -0.2) is 181 Å². The van der Waals surface area contributed by atoms with Crippen LogP contribution < -0.4 is 71.2 Å². The maximum atomic E-state index is 14.4. The van der Waals surface area contributed by atoms with Crippen LogP contribution in [0.15, 0.2) is 41.1 Å². The van der Waals surface area contributed by atoms with Crippen molar-refractivity contribution in [3.05, 3.63) is 74.4 Å². The number of nitrogens with zero attached hydrogens (tertiary/aromatic N) is 4. The topological polar surface area (TPSA) is 452 Å². The average molecular weight is 1250 g/mol. The van der Waals surface area contributed by atoms with Gasteiger partial charge in [0.2, 0.25) is 29.5 Å². The molecule has 1 aromatic carbocycles. The number of primary amides is 2. The lowest BCUT2D eigenvalue weighted by Gasteiger charge is -2.31. The van der Waals surface area contributed by atoms with E-state index >= 15 is 0 Å². The van der Waals surface area contributed by atoms with E-state index in [9.17, 15) is 47.1 Å². The van der Waals surface area contributed by atoms with Crippen LogP contribution >= 0.6 is 22.7 Å². The first kappa shape index (κ1) is 70.2. The van der Waals surface area contributed by atoms with Gasteiger partial charge in [-0.2, -0.15) is 0 Å². The number of aliphatic hydroxyl groups is 1. The highest BCUT2D eigenvalue weighted by Gasteiger charge is 2.35. The molecule has 3 aromatic heterocycles. The summed E-state index contributed by atoms with van der Waals surface area (Å²) in [5.74, 6) is -6.53. The number of thiazole rings is 2. The third-order valence-electron chi connectivity index (χ3n) is 13.2. The minimum Gasteiger partial charge on any atom is -0.390 e. The van der Waals surface area contributed by atoms with Gasteiger partial charge in [0, 0.05) is 94.4 Å². The number of amides is 7. The first-order chi connectivity index (χ1) is 40.1. The lowest BCUT2D eigenvalue weighted by molar-refractivity contribution is -0.134. The number of nitrogen functional groups attached to an aromatic ring is 1. The zero-order valence-corrected chi connectivity index (χ0v) is 51.2. The molecule has 31 heteroatoms. The Kier molecular flexibility index (Phi) is 31.1. The number of anilines is 1. The second-order valence-electron chi connectivity index (χ2n) is 20.0. The van der Waals surface area contributed by atoms with Crippen LogP contribution in [0.5, 0.6) is 0 Å². The molecule has 0 saturated heterocycles. The van der Waals surface area contributed by atoms with E-state index in [0.29, 0.717) is 40.8 Å². The zero-order chi connectivity index (χ0) is 61.7. The van der Waals surface area contributed by atoms with Crippen molar-refractivity contribution in [3.63, 3.8) is 0 Å². The number of carbonyl (C=O) groups is 7. The summed E-state index contributed by atoms with van der Waals surface area (Å²) < 4.78 is 24.7. The summed E-state index contributed by atoms with van der Waals surface area (Å²) in [6, 6.07) is 2.77. The molecule has 7 amide bonds. The molecule has 0 aliphatic rings. The third kappa shape index (κ3) is 24.7. The van der Waals surface area contributed by atoms with Crippen molar-refractivity contribution >= 4 is 91.4 Å². The molecule has 0 radical (unpaired) electrons. The van der Waals surface area contributed by atoms with Crippen molar-refractivity contribution in [2.24, 2.45) is 28.9 Å². The molecule has 0 saturated carbocycles. The molecule has 27 nitrogen and oxygen atoms in total. The Morgan fingerprint density at radius 3 is 2.00 bits per heavy atom. The molecule has 3 heterocycles. The van der Waals surface area contributed by atoms with Gasteiger partial charge >= 0.3 is 0 Å². The van der Waals surface area contributed by atoms with Crippen LogP contribution in [0.1, 0.15) is 101 Å². The predicted octanol–water partition coefficient (Wildman–Crippen LogP) is -2.10. The van der Waals surface area contributed by atoms with Gasteiger partial charge in [0.25, 0.3) is 11.8 Å². The highest BCUT2D eigenvalue weighted by Crippen LogP contribution is 2.26. The third-order valence-corrected chi connectivity index (χ3v) is 16.6. The number of carbonyl (C=O) groups excluding carboxylic acids is 7. The Labute approximate surface area is 502 Å². The van der Waals surface area contributed by atoms with Crippen molar-refractivity contribution in [1.82, 2.24) is 62.5 Å². The molecule has 84 heavy (non-hydrogen) atoms. The van der Waals surface area contributed by atoms with Crippen molar-refractivity contribution in [2.75, 3.05) is 82.1 Å². The van der Waals surface area contributed by atoms with Crippen LogP contribution in [0, 0.1) is 12.8 Å². The van der Waals surface area contributed by atoms with E-state index in [4.69, 9.17) is 28.7 Å². The Hall–Kier alpha value is -6.29. The Bertz CT molecular complexity index is 2830. The molecule has 0 spiro atoms. The predicted molar refractivity (Wildman–Crippen MR) is 326 cm³/mol. The summed E-state index contributed by atoms with van der Waals surface area (Å²) in [5.41, 5.74) is 29.6. The summed E-state index contributed by atoms with van der Waals surface area (Å²) in [4.78, 5) is 111. The monoisotopic (exact) mass is 1250 g/mol. The van der Waals surface area contributed by atoms with Crippen molar-refractivity contribution in [3.8, 4) is 10.7 Å². The fraction of sp³-hybridized carbons (Fsp3) is 0.566. The number of nitrogens with one attached hydrogen (secondary N) is 8. The highest BCUT2D eigenvalue weighted by atomic mass is 32.2. The molecule has 0 aliphatic heterocycles. The van der Waals surface area contributed by atoms with E-state index in [2.05, 4.69) is 62.5 Å². The van der Waals surface area contributed by atoms with Gasteiger partial charge in [-0.1, -0.05) is 37.3 Å². The Morgan fingerprint density at radius 1 is 0.726 bits per heavy atom. The van der Waals surface area contributed by atoms with Crippen LogP contribution in [-0.2, 0) is 58.4 Å². The second kappa shape index (κ2) is 37.2. The standard InChI is InChI=1S/C53H83N17O10S4/c1-31-43(69-47(70-45(31)57)38(27-41(56)71)63-28-34(55)46(58)73)52(78)66-36(16-25-84(4)80)51(77)67-37(26-33-12-6-5-7-13-33)44(72)32(2)48(74)65-35(15-24-83(3)79)49(75)62-23-14-42-64-40(30-81-42)53-68-39(29-82-53)50(76)61-22-11-21-60-19-9-8-18-59-20-10-17-54/h5-7,12-13,29-30,32,34-38,44,59-60,63,72H,8-11,14-28,54-55H2,1-4H3,(H2,56,71)(H2,58,73)(H,61,76)(H,62,75)(H,65,74)(H,66,78)(H,67,77)(H2,57,69,70)/t32-,34-,35-,36-,37+,38-,44-,83?,84?/m0/s1. The highest BCUT2D eigenvalue weighted by molar-refractivity contribution is 7.84. The number of hydrogen-bond donors (Lipinski definition) is 14. The van der Waals surface area contributed by atoms with Crippen molar-refractivity contribution in [2.45, 2.75) is 108 Å². The summed E-state index contributed by atoms with van der Waals surface area (Å²) in [5, 5.41) is 40.2. The molecule has 0 bridgehead atoms. The minimum atomic E-state index is -1.60. The Balaban J connectivity index is 1.40. The summed E-state index contributed by atoms with van der Waals surface area (Å²) in [6.45, 7) is 7.55. The molecule has 0 aliphatic carbocycles. The molecular formula is C53H83N17O10S4. The van der Waals surface area contributed by atoms with Crippen LogP contribution in [0.2, 0.25) is 0 Å². The van der Waals surface area contributed by atoms with Gasteiger partial charge in [-0.05, 0) is 90.2 Å². The van der Waals surface area contributed by atoms with Gasteiger partial charge in [-0.15, -0.1) is 22.7 Å². The number of unbranched alkanes of at least 4 members (excludes halogenated alkanes) is 1. The average Bonchev–Trinajstić information content (AvgIpc) is 4.17. The lowest BCUT2D eigenvalue weighted by atomic mass is 9.91. The van der Waals surface area contributed by atoms with E-state index in [1.165, 1.54) is 49.0 Å². The van der Waals surface area contributed by atoms with Gasteiger partial charge in [0.05, 0.1) is 35.2 Å². The smallest absolute Gasteiger partial charge is 0.271 e.